The molecule has 2 aliphatic rings. The van der Waals surface area contributed by atoms with E-state index in [-0.39, 0.29) is 34.0 Å². The number of hydrogen-bond donors (Lipinski definition) is 1. The molecule has 1 aliphatic heterocycles. The molecule has 0 fully saturated rings. The van der Waals surface area contributed by atoms with Crippen molar-refractivity contribution < 1.29 is 23.5 Å². The lowest BCUT2D eigenvalue weighted by Crippen LogP contribution is -2.33. The molecular weight excluding hydrogens is 594 g/mol. The van der Waals surface area contributed by atoms with E-state index in [1.807, 2.05) is 50.5 Å². The fraction of sp³-hybridized carbons (Fsp3) is 0.281. The first-order valence-electron chi connectivity index (χ1n) is 13.8. The minimum atomic E-state index is -0.817. The van der Waals surface area contributed by atoms with Crippen LogP contribution in [0, 0.1) is 5.82 Å². The van der Waals surface area contributed by atoms with Gasteiger partial charge in [-0.25, -0.2) is 4.98 Å². The summed E-state index contributed by atoms with van der Waals surface area (Å²) < 4.78 is 28.3. The van der Waals surface area contributed by atoms with Crippen molar-refractivity contribution in [3.8, 4) is 22.6 Å². The summed E-state index contributed by atoms with van der Waals surface area (Å²) in [6, 6.07) is 12.9. The first-order chi connectivity index (χ1) is 20.7. The third-order valence-electron chi connectivity index (χ3n) is 8.45. The van der Waals surface area contributed by atoms with Crippen LogP contribution < -0.4 is 15.2 Å². The van der Waals surface area contributed by atoms with Crippen LogP contribution in [0.5, 0.6) is 11.5 Å². The van der Waals surface area contributed by atoms with Crippen LogP contribution in [0.4, 0.5) is 4.39 Å². The molecule has 0 radical (unpaired) electrons. The average molecular weight is 624 g/mol. The van der Waals surface area contributed by atoms with Gasteiger partial charge in [0.2, 0.25) is 5.82 Å². The molecular formula is C32H29Cl2FN4O4. The minimum absolute atomic E-state index is 0.00765. The number of ether oxygens (including phenoxy) is 2. The fourth-order valence-corrected chi connectivity index (χ4v) is 6.98. The van der Waals surface area contributed by atoms with Crippen molar-refractivity contribution >= 4 is 35.4 Å². The molecule has 0 saturated heterocycles. The Morgan fingerprint density at radius 2 is 1.81 bits per heavy atom. The number of methoxy groups -OCH3 is 1. The first kappa shape index (κ1) is 29.2. The van der Waals surface area contributed by atoms with Gasteiger partial charge in [-0.05, 0) is 48.2 Å². The van der Waals surface area contributed by atoms with Gasteiger partial charge < -0.3 is 19.8 Å². The Labute approximate surface area is 258 Å². The predicted molar refractivity (Wildman–Crippen MR) is 162 cm³/mol. The molecule has 8 nitrogen and oxygen atoms in total. The molecule has 3 aromatic carbocycles. The number of aromatic nitrogens is 2. The number of carbonyl (C=O) groups excluding carboxylic acids is 2. The summed E-state index contributed by atoms with van der Waals surface area (Å²) in [5, 5.41) is 0.574. The number of amides is 1. The number of imidazole rings is 1. The molecule has 43 heavy (non-hydrogen) atoms. The highest BCUT2D eigenvalue weighted by atomic mass is 35.5. The second-order valence-corrected chi connectivity index (χ2v) is 11.6. The van der Waals surface area contributed by atoms with Crippen molar-refractivity contribution in [1.82, 2.24) is 14.5 Å². The Bertz CT molecular complexity index is 1790. The summed E-state index contributed by atoms with van der Waals surface area (Å²) in [5.41, 5.74) is 12.0. The minimum Gasteiger partial charge on any atom is -0.493 e. The molecule has 1 aliphatic carbocycles. The zero-order valence-electron chi connectivity index (χ0n) is 23.8. The van der Waals surface area contributed by atoms with Crippen LogP contribution in [0.1, 0.15) is 67.6 Å². The van der Waals surface area contributed by atoms with Gasteiger partial charge in [0.15, 0.2) is 23.6 Å². The molecule has 11 heteroatoms. The average Bonchev–Trinajstić information content (AvgIpc) is 3.56. The Morgan fingerprint density at radius 1 is 1.09 bits per heavy atom. The van der Waals surface area contributed by atoms with Gasteiger partial charge in [-0.2, -0.15) is 4.39 Å². The zero-order chi connectivity index (χ0) is 30.6. The summed E-state index contributed by atoms with van der Waals surface area (Å²) in [4.78, 5) is 30.3. The van der Waals surface area contributed by atoms with E-state index in [0.717, 1.165) is 52.2 Å². The van der Waals surface area contributed by atoms with E-state index in [9.17, 15) is 9.59 Å². The predicted octanol–water partition coefficient (Wildman–Crippen LogP) is 6.10. The van der Waals surface area contributed by atoms with Gasteiger partial charge in [-0.15, -0.1) is 0 Å². The van der Waals surface area contributed by atoms with Crippen molar-refractivity contribution in [2.24, 2.45) is 12.8 Å². The largest absolute Gasteiger partial charge is 0.493 e. The summed E-state index contributed by atoms with van der Waals surface area (Å²) in [6.07, 6.45) is 2.02. The van der Waals surface area contributed by atoms with Gasteiger partial charge in [-0.3, -0.25) is 14.5 Å². The molecule has 0 bridgehead atoms. The number of aldehydes is 1. The summed E-state index contributed by atoms with van der Waals surface area (Å²) in [5.74, 6) is -1.54. The lowest BCUT2D eigenvalue weighted by Gasteiger charge is -2.33. The number of rotatable bonds is 7. The normalized spacial score (nSPS) is 17.8. The van der Waals surface area contributed by atoms with E-state index in [4.69, 9.17) is 38.4 Å². The molecule has 0 saturated carbocycles. The molecule has 2 atom stereocenters. The number of nitrogens with two attached hydrogens (primary N) is 1. The molecule has 222 valence electrons. The number of hydrogen-bond acceptors (Lipinski definition) is 6. The van der Waals surface area contributed by atoms with Crippen molar-refractivity contribution in [2.45, 2.75) is 31.4 Å². The number of fused-ring (bicyclic) bond motifs is 2. The molecule has 4 aromatic rings. The van der Waals surface area contributed by atoms with Gasteiger partial charge in [0, 0.05) is 31.3 Å². The van der Waals surface area contributed by atoms with Crippen LogP contribution in [-0.2, 0) is 19.9 Å². The fourth-order valence-electron chi connectivity index (χ4n) is 6.40. The Hall–Kier alpha value is -3.92. The molecule has 0 spiro atoms. The Kier molecular flexibility index (Phi) is 7.66. The number of primary amides is 1. The smallest absolute Gasteiger partial charge is 0.284 e. The maximum absolute atomic E-state index is 15.3. The van der Waals surface area contributed by atoms with Crippen LogP contribution in [0.3, 0.4) is 0 Å². The van der Waals surface area contributed by atoms with Gasteiger partial charge in [0.25, 0.3) is 5.91 Å². The lowest BCUT2D eigenvalue weighted by atomic mass is 9.91. The van der Waals surface area contributed by atoms with E-state index in [0.29, 0.717) is 24.2 Å². The summed E-state index contributed by atoms with van der Waals surface area (Å²) >= 11 is 13.5. The van der Waals surface area contributed by atoms with Crippen LogP contribution in [0.2, 0.25) is 10.0 Å². The highest BCUT2D eigenvalue weighted by molar-refractivity contribution is 6.34. The zero-order valence-corrected chi connectivity index (χ0v) is 25.3. The number of benzene rings is 3. The summed E-state index contributed by atoms with van der Waals surface area (Å²) in [6.45, 7) is 0.757. The Balaban J connectivity index is 1.39. The standard InChI is InChI=1S/C32H29Cl2FN4O4/c1-38-13-12-23-27(37-32(31(36)41)39(23)2)28(38)21-9-5-8-20(25(21)34)17-6-4-7-19-18(17)10-11-24(19)43-30-22(33)14-16(15-40)29(42-3)26(30)35/h4-9,14-15,24,28H,10-13H2,1-3H3,(H2,36,41). The molecule has 2 heterocycles. The maximum Gasteiger partial charge on any atom is 0.284 e. The van der Waals surface area contributed by atoms with E-state index in [1.54, 1.807) is 4.57 Å². The van der Waals surface area contributed by atoms with Gasteiger partial charge in [-0.1, -0.05) is 59.6 Å². The van der Waals surface area contributed by atoms with Crippen molar-refractivity contribution in [1.29, 1.82) is 0 Å². The van der Waals surface area contributed by atoms with Crippen molar-refractivity contribution in [3.63, 3.8) is 0 Å². The SMILES string of the molecule is COc1c(C=O)cc(Cl)c(OC2CCc3c(-c4cccc(C5c6nc(C(N)=O)n(C)c6CCN5C)c4Cl)cccc32)c1F. The molecule has 2 N–H and O–H groups in total. The van der Waals surface area contributed by atoms with Crippen LogP contribution in [-0.4, -0.2) is 47.3 Å². The number of carbonyl (C=O) groups is 2. The van der Waals surface area contributed by atoms with E-state index < -0.39 is 17.8 Å². The third-order valence-corrected chi connectivity index (χ3v) is 9.15. The number of nitrogens with zero attached hydrogens (tertiary/aromatic N) is 3. The van der Waals surface area contributed by atoms with E-state index in [1.165, 1.54) is 13.2 Å². The second-order valence-electron chi connectivity index (χ2n) is 10.8. The van der Waals surface area contributed by atoms with Gasteiger partial charge in [0.1, 0.15) is 6.10 Å². The third kappa shape index (κ3) is 4.76. The van der Waals surface area contributed by atoms with E-state index >= 15 is 4.39 Å². The highest BCUT2D eigenvalue weighted by Gasteiger charge is 2.35. The molecule has 2 unspecified atom stereocenters. The lowest BCUT2D eigenvalue weighted by molar-refractivity contribution is 0.0986. The van der Waals surface area contributed by atoms with E-state index in [2.05, 4.69) is 9.88 Å². The monoisotopic (exact) mass is 622 g/mol. The number of halogens is 3. The van der Waals surface area contributed by atoms with Crippen LogP contribution in [0.25, 0.3) is 11.1 Å². The van der Waals surface area contributed by atoms with Crippen molar-refractivity contribution in [2.75, 3.05) is 20.7 Å². The molecule has 1 aromatic heterocycles. The van der Waals surface area contributed by atoms with Crippen LogP contribution in [0.15, 0.2) is 42.5 Å². The van der Waals surface area contributed by atoms with Crippen LogP contribution >= 0.6 is 23.2 Å². The van der Waals surface area contributed by atoms with Gasteiger partial charge in [0.05, 0.1) is 34.5 Å². The van der Waals surface area contributed by atoms with Crippen molar-refractivity contribution in [3.05, 3.63) is 97.8 Å². The Morgan fingerprint density at radius 3 is 2.51 bits per heavy atom. The number of likely N-dealkylation sites (N-methyl/N-ethyl adjacent to an activating group) is 1. The highest BCUT2D eigenvalue weighted by Crippen LogP contribution is 2.47. The first-order valence-corrected chi connectivity index (χ1v) is 14.6. The molecule has 6 rings (SSSR count). The maximum atomic E-state index is 15.3. The topological polar surface area (TPSA) is 99.7 Å². The summed E-state index contributed by atoms with van der Waals surface area (Å²) in [7, 11) is 5.11. The van der Waals surface area contributed by atoms with Gasteiger partial charge >= 0.3 is 0 Å². The quantitative estimate of drug-likeness (QED) is 0.250. The molecule has 1 amide bonds. The second kappa shape index (κ2) is 11.3.